The highest BCUT2D eigenvalue weighted by Gasteiger charge is 2.22. The van der Waals surface area contributed by atoms with Crippen LogP contribution in [0.25, 0.3) is 0 Å². The number of anilines is 1. The molecule has 1 fully saturated rings. The summed E-state index contributed by atoms with van der Waals surface area (Å²) in [6.07, 6.45) is 1.19. The van der Waals surface area contributed by atoms with E-state index in [1.54, 1.807) is 6.07 Å². The Morgan fingerprint density at radius 1 is 1.00 bits per heavy atom. The number of hydrogen-bond acceptors (Lipinski definition) is 8. The summed E-state index contributed by atoms with van der Waals surface area (Å²) in [5, 5.41) is 30.2. The maximum atomic E-state index is 11.2. The molecule has 0 N–H and O–H groups in total. The van der Waals surface area contributed by atoms with Crippen molar-refractivity contribution in [2.24, 2.45) is 0 Å². The quantitative estimate of drug-likeness (QED) is 0.474. The van der Waals surface area contributed by atoms with Gasteiger partial charge in [0.1, 0.15) is 0 Å². The van der Waals surface area contributed by atoms with Crippen molar-refractivity contribution < 1.29 is 9.85 Å². The molecule has 0 unspecified atom stereocenters. The minimum Gasteiger partial charge on any atom is -0.366 e. The highest BCUT2D eigenvalue weighted by atomic mass is 35.5. The maximum absolute atomic E-state index is 11.2. The third kappa shape index (κ3) is 5.28. The van der Waals surface area contributed by atoms with Crippen LogP contribution in [-0.4, -0.2) is 57.7 Å². The van der Waals surface area contributed by atoms with E-state index in [1.165, 1.54) is 12.1 Å². The topological polar surface area (TPSA) is 119 Å². The van der Waals surface area contributed by atoms with E-state index in [0.717, 1.165) is 44.5 Å². The largest absolute Gasteiger partial charge is 0.366 e. The van der Waals surface area contributed by atoms with Crippen LogP contribution in [0.5, 0.6) is 0 Å². The first kappa shape index (κ1) is 21.2. The van der Waals surface area contributed by atoms with Crippen LogP contribution in [0.1, 0.15) is 12.0 Å². The van der Waals surface area contributed by atoms with Gasteiger partial charge in [-0.3, -0.25) is 25.1 Å². The van der Waals surface area contributed by atoms with Crippen LogP contribution in [0.2, 0.25) is 10.3 Å². The lowest BCUT2D eigenvalue weighted by Crippen LogP contribution is -2.46. The molecule has 0 aliphatic carbocycles. The van der Waals surface area contributed by atoms with Gasteiger partial charge in [0.2, 0.25) is 0 Å². The molecule has 10 nitrogen and oxygen atoms in total. The molecule has 0 spiro atoms. The average molecular weight is 441 g/mol. The van der Waals surface area contributed by atoms with Crippen molar-refractivity contribution in [1.29, 1.82) is 0 Å². The fourth-order valence-corrected chi connectivity index (χ4v) is 3.67. The summed E-state index contributed by atoms with van der Waals surface area (Å²) in [4.78, 5) is 25.2. The van der Waals surface area contributed by atoms with Gasteiger partial charge in [0.05, 0.1) is 21.6 Å². The first-order chi connectivity index (χ1) is 13.8. The average Bonchev–Trinajstić information content (AvgIpc) is 2.70. The van der Waals surface area contributed by atoms with Crippen LogP contribution in [0.4, 0.5) is 17.1 Å². The fourth-order valence-electron chi connectivity index (χ4n) is 3.32. The van der Waals surface area contributed by atoms with Gasteiger partial charge in [0, 0.05) is 43.9 Å². The van der Waals surface area contributed by atoms with Crippen molar-refractivity contribution in [3.8, 4) is 0 Å². The zero-order valence-corrected chi connectivity index (χ0v) is 16.8. The highest BCUT2D eigenvalue weighted by molar-refractivity contribution is 6.33. The Bertz CT molecular complexity index is 921. The molecule has 1 aromatic carbocycles. The van der Waals surface area contributed by atoms with Crippen molar-refractivity contribution in [3.05, 3.63) is 60.4 Å². The van der Waals surface area contributed by atoms with E-state index in [-0.39, 0.29) is 16.5 Å². The number of nitrogens with zero attached hydrogens (tertiary/aromatic N) is 6. The zero-order chi connectivity index (χ0) is 21.0. The number of nitro benzene ring substituents is 2. The van der Waals surface area contributed by atoms with Gasteiger partial charge in [-0.05, 0) is 25.5 Å². The molecule has 2 heterocycles. The van der Waals surface area contributed by atoms with Gasteiger partial charge in [-0.25, -0.2) is 0 Å². The van der Waals surface area contributed by atoms with Gasteiger partial charge in [-0.2, -0.15) is 0 Å². The van der Waals surface area contributed by atoms with Crippen LogP contribution < -0.4 is 4.90 Å². The molecular weight excluding hydrogens is 423 g/mol. The lowest BCUT2D eigenvalue weighted by atomic mass is 10.1. The summed E-state index contributed by atoms with van der Waals surface area (Å²) < 4.78 is 0. The van der Waals surface area contributed by atoms with E-state index in [2.05, 4.69) is 20.0 Å². The van der Waals surface area contributed by atoms with Gasteiger partial charge in [0.25, 0.3) is 11.4 Å². The number of benzene rings is 1. The Morgan fingerprint density at radius 3 is 2.38 bits per heavy atom. The predicted molar refractivity (Wildman–Crippen MR) is 109 cm³/mol. The molecule has 1 aliphatic rings. The summed E-state index contributed by atoms with van der Waals surface area (Å²) in [5.74, 6) is 0. The minimum atomic E-state index is -0.631. The molecule has 1 aromatic heterocycles. The fraction of sp³-hybridized carbons (Fsp3) is 0.412. The van der Waals surface area contributed by atoms with Crippen LogP contribution in [-0.2, 0) is 6.42 Å². The maximum Gasteiger partial charge on any atom is 0.279 e. The van der Waals surface area contributed by atoms with Crippen LogP contribution in [0, 0.1) is 20.2 Å². The lowest BCUT2D eigenvalue weighted by Gasteiger charge is -2.36. The summed E-state index contributed by atoms with van der Waals surface area (Å²) in [6.45, 7) is 3.88. The van der Waals surface area contributed by atoms with Gasteiger partial charge >= 0.3 is 0 Å². The molecule has 29 heavy (non-hydrogen) atoms. The number of piperazine rings is 1. The molecule has 0 saturated carbocycles. The number of non-ortho nitro benzene ring substituents is 1. The second-order valence-corrected chi connectivity index (χ2v) is 7.35. The second-order valence-electron chi connectivity index (χ2n) is 6.60. The molecule has 1 saturated heterocycles. The van der Waals surface area contributed by atoms with Crippen molar-refractivity contribution >= 4 is 40.3 Å². The van der Waals surface area contributed by atoms with E-state index >= 15 is 0 Å². The number of hydrogen-bond donors (Lipinski definition) is 0. The first-order valence-corrected chi connectivity index (χ1v) is 9.68. The standard InChI is InChI=1S/C17H18Cl2N6O4/c18-16-11-15(17(19)21-20-16)23-8-6-22(7-9-23)5-1-2-12-3-4-13(24(26)27)10-14(12)25(28)29/h3-4,10-11H,1-2,5-9H2. The SMILES string of the molecule is O=[N+]([O-])c1ccc(CCCN2CCN(c3cc(Cl)nnc3Cl)CC2)c([N+](=O)[O-])c1. The number of aryl methyl sites for hydroxylation is 1. The molecule has 0 atom stereocenters. The Hall–Kier alpha value is -2.56. The lowest BCUT2D eigenvalue weighted by molar-refractivity contribution is -0.394. The van der Waals surface area contributed by atoms with Crippen molar-refractivity contribution in [2.75, 3.05) is 37.6 Å². The molecule has 0 radical (unpaired) electrons. The summed E-state index contributed by atoms with van der Waals surface area (Å²) in [7, 11) is 0. The van der Waals surface area contributed by atoms with Crippen molar-refractivity contribution in [2.45, 2.75) is 12.8 Å². The third-order valence-corrected chi connectivity index (χ3v) is 5.26. The smallest absolute Gasteiger partial charge is 0.279 e. The zero-order valence-electron chi connectivity index (χ0n) is 15.3. The summed E-state index contributed by atoms with van der Waals surface area (Å²) in [5.41, 5.74) is 0.776. The van der Waals surface area contributed by atoms with Gasteiger partial charge < -0.3 is 4.90 Å². The molecule has 2 aromatic rings. The Kier molecular flexibility index (Phi) is 6.78. The molecule has 0 amide bonds. The molecule has 1 aliphatic heterocycles. The van der Waals surface area contributed by atoms with Crippen LogP contribution in [0.3, 0.4) is 0 Å². The Morgan fingerprint density at radius 2 is 1.72 bits per heavy atom. The van der Waals surface area contributed by atoms with Gasteiger partial charge in [-0.15, -0.1) is 10.2 Å². The van der Waals surface area contributed by atoms with Crippen LogP contribution >= 0.6 is 23.2 Å². The summed E-state index contributed by atoms with van der Waals surface area (Å²) in [6, 6.07) is 5.49. The van der Waals surface area contributed by atoms with E-state index in [1.807, 2.05) is 0 Å². The number of nitro groups is 2. The van der Waals surface area contributed by atoms with Crippen LogP contribution in [0.15, 0.2) is 24.3 Å². The normalized spacial score (nSPS) is 14.8. The second kappa shape index (κ2) is 9.29. The van der Waals surface area contributed by atoms with Crippen molar-refractivity contribution in [3.63, 3.8) is 0 Å². The third-order valence-electron chi connectivity index (χ3n) is 4.81. The van der Waals surface area contributed by atoms with E-state index in [0.29, 0.717) is 23.6 Å². The molecule has 0 bridgehead atoms. The number of aromatic nitrogens is 2. The summed E-state index contributed by atoms with van der Waals surface area (Å²) >= 11 is 12.0. The monoisotopic (exact) mass is 440 g/mol. The molecule has 3 rings (SSSR count). The first-order valence-electron chi connectivity index (χ1n) is 8.93. The molecule has 12 heteroatoms. The minimum absolute atomic E-state index is 0.208. The predicted octanol–water partition coefficient (Wildman–Crippen LogP) is 3.35. The molecular formula is C17H18Cl2N6O4. The van der Waals surface area contributed by atoms with E-state index in [9.17, 15) is 20.2 Å². The Balaban J connectivity index is 1.53. The van der Waals surface area contributed by atoms with E-state index in [4.69, 9.17) is 23.2 Å². The Labute approximate surface area is 176 Å². The van der Waals surface area contributed by atoms with Gasteiger partial charge in [0.15, 0.2) is 10.3 Å². The molecule has 154 valence electrons. The number of rotatable bonds is 7. The van der Waals surface area contributed by atoms with E-state index < -0.39 is 9.85 Å². The van der Waals surface area contributed by atoms with Crippen molar-refractivity contribution in [1.82, 2.24) is 15.1 Å². The van der Waals surface area contributed by atoms with Gasteiger partial charge in [-0.1, -0.05) is 23.2 Å². The highest BCUT2D eigenvalue weighted by Crippen LogP contribution is 2.27. The number of halogens is 2.